The van der Waals surface area contributed by atoms with Crippen LogP contribution in [0.2, 0.25) is 0 Å². The summed E-state index contributed by atoms with van der Waals surface area (Å²) in [4.78, 5) is 17.9. The van der Waals surface area contributed by atoms with Gasteiger partial charge in [-0.05, 0) is 42.0 Å². The van der Waals surface area contributed by atoms with Crippen molar-refractivity contribution in [2.24, 2.45) is 0 Å². The largest absolute Gasteiger partial charge is 0.286 e. The fourth-order valence-corrected chi connectivity index (χ4v) is 4.76. The van der Waals surface area contributed by atoms with E-state index in [0.29, 0.717) is 27.8 Å². The first kappa shape index (κ1) is 21.9. The number of ketones is 1. The molecule has 0 amide bonds. The third-order valence-corrected chi connectivity index (χ3v) is 6.84. The van der Waals surface area contributed by atoms with E-state index < -0.39 is 33.1 Å². The molecule has 0 spiro atoms. The van der Waals surface area contributed by atoms with E-state index in [2.05, 4.69) is 4.98 Å². The van der Waals surface area contributed by atoms with E-state index >= 15 is 0 Å². The van der Waals surface area contributed by atoms with Crippen molar-refractivity contribution in [3.63, 3.8) is 0 Å². The summed E-state index contributed by atoms with van der Waals surface area (Å²) >= 11 is 0.991. The van der Waals surface area contributed by atoms with Crippen molar-refractivity contribution >= 4 is 27.0 Å². The molecule has 162 valence electrons. The number of aromatic nitrogens is 1. The van der Waals surface area contributed by atoms with Crippen LogP contribution >= 0.6 is 11.3 Å². The van der Waals surface area contributed by atoms with E-state index in [1.807, 2.05) is 0 Å². The molecule has 32 heavy (non-hydrogen) atoms. The summed E-state index contributed by atoms with van der Waals surface area (Å²) in [6.07, 6.45) is 1.09. The lowest BCUT2D eigenvalue weighted by Gasteiger charge is -2.04. The zero-order valence-electron chi connectivity index (χ0n) is 16.5. The Hall–Kier alpha value is -3.30. The van der Waals surface area contributed by atoms with Gasteiger partial charge in [-0.2, -0.15) is 0 Å². The molecule has 0 bridgehead atoms. The molecule has 4 aromatic rings. The van der Waals surface area contributed by atoms with E-state index in [1.54, 1.807) is 12.1 Å². The molecule has 0 aliphatic carbocycles. The number of carbonyl (C=O) groups excluding carboxylic acids is 1. The first-order chi connectivity index (χ1) is 15.1. The lowest BCUT2D eigenvalue weighted by molar-refractivity contribution is 0.103. The van der Waals surface area contributed by atoms with E-state index in [9.17, 15) is 26.4 Å². The van der Waals surface area contributed by atoms with Gasteiger partial charge in [-0.3, -0.25) is 4.79 Å². The van der Waals surface area contributed by atoms with Gasteiger partial charge in [0.15, 0.2) is 14.8 Å². The lowest BCUT2D eigenvalue weighted by atomic mass is 10.1. The minimum atomic E-state index is -3.41. The topological polar surface area (TPSA) is 64.1 Å². The summed E-state index contributed by atoms with van der Waals surface area (Å²) in [6.45, 7) is 0. The SMILES string of the molecule is CS(=O)(=O)c1ccc(-c2nc(C(=O)c3cc(F)cc(F)c3)sc2-c2ccc(F)cc2)cc1. The van der Waals surface area contributed by atoms with Gasteiger partial charge >= 0.3 is 0 Å². The van der Waals surface area contributed by atoms with Crippen molar-refractivity contribution in [3.05, 3.63) is 94.8 Å². The quantitative estimate of drug-likeness (QED) is 0.358. The van der Waals surface area contributed by atoms with Gasteiger partial charge in [0, 0.05) is 23.4 Å². The maximum atomic E-state index is 13.6. The van der Waals surface area contributed by atoms with E-state index in [4.69, 9.17) is 0 Å². The Bertz CT molecular complexity index is 1410. The van der Waals surface area contributed by atoms with Crippen LogP contribution in [0.1, 0.15) is 15.4 Å². The Morgan fingerprint density at radius 3 is 1.94 bits per heavy atom. The summed E-state index contributed by atoms with van der Waals surface area (Å²) in [5.41, 5.74) is 1.27. The Labute approximate surface area is 185 Å². The molecular weight excluding hydrogens is 459 g/mol. The highest BCUT2D eigenvalue weighted by Gasteiger charge is 2.22. The number of nitrogens with zero attached hydrogens (tertiary/aromatic N) is 1. The fraction of sp³-hybridized carbons (Fsp3) is 0.0435. The first-order valence-corrected chi connectivity index (χ1v) is 11.9. The van der Waals surface area contributed by atoms with Crippen molar-refractivity contribution in [1.29, 1.82) is 0 Å². The number of halogens is 3. The number of rotatable bonds is 5. The van der Waals surface area contributed by atoms with Gasteiger partial charge in [0.1, 0.15) is 17.5 Å². The highest BCUT2D eigenvalue weighted by Crippen LogP contribution is 2.38. The second-order valence-electron chi connectivity index (χ2n) is 6.99. The fourth-order valence-electron chi connectivity index (χ4n) is 3.08. The van der Waals surface area contributed by atoms with Crippen molar-refractivity contribution in [1.82, 2.24) is 4.98 Å². The predicted molar refractivity (Wildman–Crippen MR) is 116 cm³/mol. The molecule has 4 rings (SSSR count). The minimum absolute atomic E-state index is 0.0171. The standard InChI is InChI=1S/C23H14F3NO3S2/c1-32(29,30)19-8-4-13(5-9-19)20-22(14-2-6-16(24)7-3-14)31-23(27-20)21(28)15-10-17(25)12-18(26)11-15/h2-12H,1H3. The third kappa shape index (κ3) is 4.49. The molecule has 0 fully saturated rings. The minimum Gasteiger partial charge on any atom is -0.286 e. The Morgan fingerprint density at radius 2 is 1.38 bits per heavy atom. The van der Waals surface area contributed by atoms with Gasteiger partial charge in [-0.25, -0.2) is 26.6 Å². The highest BCUT2D eigenvalue weighted by molar-refractivity contribution is 7.90. The van der Waals surface area contributed by atoms with Crippen molar-refractivity contribution < 1.29 is 26.4 Å². The molecule has 3 aromatic carbocycles. The molecular formula is C23H14F3NO3S2. The number of hydrogen-bond acceptors (Lipinski definition) is 5. The number of benzene rings is 3. The lowest BCUT2D eigenvalue weighted by Crippen LogP contribution is -2.02. The summed E-state index contributed by atoms with van der Waals surface area (Å²) in [5.74, 6) is -2.89. The number of hydrogen-bond donors (Lipinski definition) is 0. The maximum Gasteiger partial charge on any atom is 0.221 e. The van der Waals surface area contributed by atoms with Crippen LogP contribution in [0.25, 0.3) is 21.7 Å². The second kappa shape index (κ2) is 8.33. The average molecular weight is 473 g/mol. The van der Waals surface area contributed by atoms with Gasteiger partial charge in [0.25, 0.3) is 0 Å². The molecule has 0 saturated carbocycles. The Kier molecular flexibility index (Phi) is 5.70. The molecule has 0 aliphatic rings. The van der Waals surface area contributed by atoms with E-state index in [-0.39, 0.29) is 15.5 Å². The monoisotopic (exact) mass is 473 g/mol. The first-order valence-electron chi connectivity index (χ1n) is 9.20. The van der Waals surface area contributed by atoms with Crippen molar-refractivity contribution in [2.75, 3.05) is 6.26 Å². The van der Waals surface area contributed by atoms with Gasteiger partial charge in [0.2, 0.25) is 5.78 Å². The van der Waals surface area contributed by atoms with Crippen LogP contribution < -0.4 is 0 Å². The van der Waals surface area contributed by atoms with Crippen LogP contribution in [-0.4, -0.2) is 25.4 Å². The van der Waals surface area contributed by atoms with Gasteiger partial charge in [-0.1, -0.05) is 24.3 Å². The van der Waals surface area contributed by atoms with Crippen LogP contribution in [0.3, 0.4) is 0 Å². The molecule has 1 aromatic heterocycles. The van der Waals surface area contributed by atoms with Crippen LogP contribution in [0, 0.1) is 17.5 Å². The van der Waals surface area contributed by atoms with Crippen molar-refractivity contribution in [3.8, 4) is 21.7 Å². The summed E-state index contributed by atoms with van der Waals surface area (Å²) < 4.78 is 64.1. The van der Waals surface area contributed by atoms with E-state index in [0.717, 1.165) is 29.7 Å². The molecule has 0 radical (unpaired) electrons. The van der Waals surface area contributed by atoms with Crippen LogP contribution in [-0.2, 0) is 9.84 Å². The summed E-state index contributed by atoms with van der Waals surface area (Å²) in [5, 5.41) is -0.0171. The number of carbonyl (C=O) groups is 1. The Balaban J connectivity index is 1.85. The predicted octanol–water partition coefficient (Wildman–Crippen LogP) is 5.53. The zero-order chi connectivity index (χ0) is 23.0. The van der Waals surface area contributed by atoms with Gasteiger partial charge in [0.05, 0.1) is 15.5 Å². The van der Waals surface area contributed by atoms with Crippen molar-refractivity contribution in [2.45, 2.75) is 4.90 Å². The number of thiazole rings is 1. The Morgan fingerprint density at radius 1 is 0.812 bits per heavy atom. The normalized spacial score (nSPS) is 11.5. The molecule has 0 N–H and O–H groups in total. The van der Waals surface area contributed by atoms with Crippen LogP contribution in [0.15, 0.2) is 71.6 Å². The summed E-state index contributed by atoms with van der Waals surface area (Å²) in [6, 6.07) is 14.0. The highest BCUT2D eigenvalue weighted by atomic mass is 32.2. The average Bonchev–Trinajstić information content (AvgIpc) is 3.18. The third-order valence-electron chi connectivity index (χ3n) is 4.61. The second-order valence-corrected chi connectivity index (χ2v) is 10.0. The van der Waals surface area contributed by atoms with Crippen LogP contribution in [0.5, 0.6) is 0 Å². The molecule has 0 aliphatic heterocycles. The molecule has 4 nitrogen and oxygen atoms in total. The molecule has 0 atom stereocenters. The molecule has 0 unspecified atom stereocenters. The van der Waals surface area contributed by atoms with Gasteiger partial charge < -0.3 is 0 Å². The van der Waals surface area contributed by atoms with Crippen LogP contribution in [0.4, 0.5) is 13.2 Å². The molecule has 0 saturated heterocycles. The summed E-state index contributed by atoms with van der Waals surface area (Å²) in [7, 11) is -3.41. The molecule has 1 heterocycles. The van der Waals surface area contributed by atoms with Gasteiger partial charge in [-0.15, -0.1) is 11.3 Å². The zero-order valence-corrected chi connectivity index (χ0v) is 18.1. The van der Waals surface area contributed by atoms with E-state index in [1.165, 1.54) is 36.4 Å². The number of sulfone groups is 1. The molecule has 9 heteroatoms. The smallest absolute Gasteiger partial charge is 0.221 e. The maximum absolute atomic E-state index is 13.6.